The van der Waals surface area contributed by atoms with Gasteiger partial charge in [-0.1, -0.05) is 18.0 Å². The first-order valence-electron chi connectivity index (χ1n) is 6.07. The van der Waals surface area contributed by atoms with E-state index in [-0.39, 0.29) is 12.4 Å². The van der Waals surface area contributed by atoms with Gasteiger partial charge in [-0.15, -0.1) is 12.4 Å². The van der Waals surface area contributed by atoms with Crippen LogP contribution in [0.4, 0.5) is 0 Å². The average Bonchev–Trinajstić information content (AvgIpc) is 2.33. The molecule has 0 radical (unpaired) electrons. The molecule has 0 saturated carbocycles. The van der Waals surface area contributed by atoms with E-state index in [0.29, 0.717) is 6.04 Å². The van der Waals surface area contributed by atoms with Gasteiger partial charge in [0.05, 0.1) is 11.1 Å². The molecule has 1 fully saturated rings. The number of nitrogens with one attached hydrogen (secondary N) is 1. The van der Waals surface area contributed by atoms with Crippen LogP contribution in [0, 0.1) is 0 Å². The SMILES string of the molecule is Cl.Clc1ccc(OCCC2CCCCN2)c(Br)c1. The summed E-state index contributed by atoms with van der Waals surface area (Å²) in [5.74, 6) is 0.866. The standard InChI is InChI=1S/C13H17BrClNO.ClH/c14-12-9-10(15)4-5-13(12)17-8-6-11-3-1-2-7-16-11;/h4-5,9,11,16H,1-3,6-8H2;1H. The average molecular weight is 355 g/mol. The minimum absolute atomic E-state index is 0. The first-order valence-corrected chi connectivity index (χ1v) is 7.24. The lowest BCUT2D eigenvalue weighted by atomic mass is 10.0. The first-order chi connectivity index (χ1) is 8.25. The molecule has 2 rings (SSSR count). The Hall–Kier alpha value is 0.0400. The van der Waals surface area contributed by atoms with E-state index in [1.165, 1.54) is 19.3 Å². The Morgan fingerprint density at radius 1 is 1.39 bits per heavy atom. The summed E-state index contributed by atoms with van der Waals surface area (Å²) in [6, 6.07) is 6.23. The lowest BCUT2D eigenvalue weighted by Gasteiger charge is -2.23. The van der Waals surface area contributed by atoms with Gasteiger partial charge in [0.15, 0.2) is 0 Å². The van der Waals surface area contributed by atoms with Gasteiger partial charge in [-0.05, 0) is 59.9 Å². The van der Waals surface area contributed by atoms with Gasteiger partial charge in [-0.2, -0.15) is 0 Å². The number of hydrogen-bond acceptors (Lipinski definition) is 2. The van der Waals surface area contributed by atoms with E-state index < -0.39 is 0 Å². The van der Waals surface area contributed by atoms with Gasteiger partial charge < -0.3 is 10.1 Å². The van der Waals surface area contributed by atoms with E-state index in [2.05, 4.69) is 21.2 Å². The van der Waals surface area contributed by atoms with Crippen molar-refractivity contribution in [3.05, 3.63) is 27.7 Å². The van der Waals surface area contributed by atoms with Crippen LogP contribution in [0.25, 0.3) is 0 Å². The summed E-state index contributed by atoms with van der Waals surface area (Å²) in [4.78, 5) is 0. The van der Waals surface area contributed by atoms with Crippen molar-refractivity contribution in [3.63, 3.8) is 0 Å². The Labute approximate surface area is 128 Å². The Bertz CT molecular complexity index is 370. The molecule has 1 unspecified atom stereocenters. The third-order valence-electron chi connectivity index (χ3n) is 3.03. The highest BCUT2D eigenvalue weighted by Crippen LogP contribution is 2.28. The van der Waals surface area contributed by atoms with Crippen LogP contribution in [0.15, 0.2) is 22.7 Å². The Kier molecular flexibility index (Phi) is 7.38. The van der Waals surface area contributed by atoms with E-state index in [9.17, 15) is 0 Å². The van der Waals surface area contributed by atoms with Crippen LogP contribution in [0.1, 0.15) is 25.7 Å². The van der Waals surface area contributed by atoms with Gasteiger partial charge in [0, 0.05) is 11.1 Å². The second kappa shape index (κ2) is 8.26. The number of piperidine rings is 1. The molecular formula is C13H18BrCl2NO. The normalized spacial score (nSPS) is 19.1. The van der Waals surface area contributed by atoms with Gasteiger partial charge in [0.1, 0.15) is 5.75 Å². The van der Waals surface area contributed by atoms with Crippen LogP contribution < -0.4 is 10.1 Å². The molecule has 0 spiro atoms. The van der Waals surface area contributed by atoms with Gasteiger partial charge in [-0.25, -0.2) is 0 Å². The molecule has 1 saturated heterocycles. The molecule has 0 bridgehead atoms. The van der Waals surface area contributed by atoms with Crippen molar-refractivity contribution in [1.82, 2.24) is 5.32 Å². The maximum atomic E-state index is 5.88. The monoisotopic (exact) mass is 353 g/mol. The molecule has 5 heteroatoms. The second-order valence-corrected chi connectivity index (χ2v) is 5.65. The van der Waals surface area contributed by atoms with Crippen LogP contribution in [0.3, 0.4) is 0 Å². The van der Waals surface area contributed by atoms with Crippen molar-refractivity contribution in [3.8, 4) is 5.75 Å². The lowest BCUT2D eigenvalue weighted by Crippen LogP contribution is -2.35. The van der Waals surface area contributed by atoms with Crippen molar-refractivity contribution >= 4 is 39.9 Å². The number of ether oxygens (including phenoxy) is 1. The largest absolute Gasteiger partial charge is 0.492 e. The van der Waals surface area contributed by atoms with Gasteiger partial charge in [0.2, 0.25) is 0 Å². The van der Waals surface area contributed by atoms with E-state index >= 15 is 0 Å². The second-order valence-electron chi connectivity index (χ2n) is 4.36. The fourth-order valence-electron chi connectivity index (χ4n) is 2.07. The Morgan fingerprint density at radius 3 is 2.89 bits per heavy atom. The van der Waals surface area contributed by atoms with E-state index in [1.54, 1.807) is 0 Å². The topological polar surface area (TPSA) is 21.3 Å². The summed E-state index contributed by atoms with van der Waals surface area (Å²) in [5, 5.41) is 4.24. The van der Waals surface area contributed by atoms with Crippen molar-refractivity contribution in [1.29, 1.82) is 0 Å². The van der Waals surface area contributed by atoms with Gasteiger partial charge >= 0.3 is 0 Å². The fraction of sp³-hybridized carbons (Fsp3) is 0.538. The van der Waals surface area contributed by atoms with Crippen LogP contribution in [0.5, 0.6) is 5.75 Å². The molecule has 1 aliphatic heterocycles. The fourth-order valence-corrected chi connectivity index (χ4v) is 2.87. The van der Waals surface area contributed by atoms with Gasteiger partial charge in [-0.3, -0.25) is 0 Å². The van der Waals surface area contributed by atoms with Crippen molar-refractivity contribution in [2.24, 2.45) is 0 Å². The van der Waals surface area contributed by atoms with Crippen LogP contribution in [0.2, 0.25) is 5.02 Å². The smallest absolute Gasteiger partial charge is 0.133 e. The molecule has 18 heavy (non-hydrogen) atoms. The molecule has 2 nitrogen and oxygen atoms in total. The Morgan fingerprint density at radius 2 is 2.22 bits per heavy atom. The summed E-state index contributed by atoms with van der Waals surface area (Å²) in [6.45, 7) is 1.90. The molecule has 1 aromatic rings. The van der Waals surface area contributed by atoms with Crippen LogP contribution >= 0.6 is 39.9 Å². The number of rotatable bonds is 4. The summed E-state index contributed by atoms with van der Waals surface area (Å²) in [6.07, 6.45) is 4.97. The molecule has 0 aliphatic carbocycles. The number of benzene rings is 1. The Balaban J connectivity index is 0.00000162. The molecule has 1 aliphatic rings. The molecule has 1 heterocycles. The van der Waals surface area contributed by atoms with Crippen LogP contribution in [-0.4, -0.2) is 19.2 Å². The van der Waals surface area contributed by atoms with Crippen LogP contribution in [-0.2, 0) is 0 Å². The first kappa shape index (κ1) is 16.1. The quantitative estimate of drug-likeness (QED) is 0.863. The van der Waals surface area contributed by atoms with Crippen molar-refractivity contribution in [2.45, 2.75) is 31.7 Å². The summed E-state index contributed by atoms with van der Waals surface area (Å²) < 4.78 is 6.67. The predicted molar refractivity (Wildman–Crippen MR) is 82.2 cm³/mol. The van der Waals surface area contributed by atoms with Crippen molar-refractivity contribution < 1.29 is 4.74 Å². The molecular weight excluding hydrogens is 337 g/mol. The highest BCUT2D eigenvalue weighted by atomic mass is 79.9. The summed E-state index contributed by atoms with van der Waals surface area (Å²) >= 11 is 9.33. The summed E-state index contributed by atoms with van der Waals surface area (Å²) in [5.41, 5.74) is 0. The van der Waals surface area contributed by atoms with E-state index in [4.69, 9.17) is 16.3 Å². The van der Waals surface area contributed by atoms with Crippen molar-refractivity contribution in [2.75, 3.05) is 13.2 Å². The zero-order valence-electron chi connectivity index (χ0n) is 10.1. The van der Waals surface area contributed by atoms with Gasteiger partial charge in [0.25, 0.3) is 0 Å². The molecule has 102 valence electrons. The maximum Gasteiger partial charge on any atom is 0.133 e. The number of hydrogen-bond donors (Lipinski definition) is 1. The lowest BCUT2D eigenvalue weighted by molar-refractivity contribution is 0.267. The third-order valence-corrected chi connectivity index (χ3v) is 3.88. The summed E-state index contributed by atoms with van der Waals surface area (Å²) in [7, 11) is 0. The third kappa shape index (κ3) is 4.96. The zero-order chi connectivity index (χ0) is 12.1. The van der Waals surface area contributed by atoms with E-state index in [1.807, 2.05) is 18.2 Å². The predicted octanol–water partition coefficient (Wildman–Crippen LogP) is 4.44. The minimum Gasteiger partial charge on any atom is -0.492 e. The number of halogens is 3. The molecule has 1 aromatic carbocycles. The zero-order valence-corrected chi connectivity index (χ0v) is 13.3. The highest BCUT2D eigenvalue weighted by molar-refractivity contribution is 9.10. The maximum absolute atomic E-state index is 5.88. The highest BCUT2D eigenvalue weighted by Gasteiger charge is 2.12. The molecule has 1 atom stereocenters. The molecule has 1 N–H and O–H groups in total. The van der Waals surface area contributed by atoms with E-state index in [0.717, 1.165) is 34.8 Å². The minimum atomic E-state index is 0. The molecule has 0 amide bonds. The molecule has 0 aromatic heterocycles.